The first-order valence-corrected chi connectivity index (χ1v) is 10.1. The summed E-state index contributed by atoms with van der Waals surface area (Å²) in [5, 5.41) is 69.5. The number of benzene rings is 1. The molecule has 7 N–H and O–H groups in total. The van der Waals surface area contributed by atoms with Gasteiger partial charge in [-0.15, -0.1) is 0 Å². The Balaban J connectivity index is 1.68. The smallest absolute Gasteiger partial charge is 0.187 e. The van der Waals surface area contributed by atoms with Crippen LogP contribution in [0.5, 0.6) is 5.75 Å². The third kappa shape index (κ3) is 5.52. The molecule has 2 aliphatic heterocycles. The molecule has 0 unspecified atom stereocenters. The van der Waals surface area contributed by atoms with Gasteiger partial charge in [-0.3, -0.25) is 0 Å². The molecule has 2 aliphatic rings. The minimum atomic E-state index is -1.62. The molecule has 2 saturated heterocycles. The predicted octanol–water partition coefficient (Wildman–Crippen LogP) is -2.40. The molecule has 0 radical (unpaired) electrons. The molecule has 0 aliphatic carbocycles. The lowest BCUT2D eigenvalue weighted by Crippen LogP contribution is -2.64. The van der Waals surface area contributed by atoms with Crippen LogP contribution in [0.25, 0.3) is 0 Å². The lowest BCUT2D eigenvalue weighted by Gasteiger charge is -2.45. The summed E-state index contributed by atoms with van der Waals surface area (Å²) in [6.07, 6.45) is -13.1. The minimum Gasteiger partial charge on any atom is -0.508 e. The molecule has 2 heterocycles. The summed E-state index contributed by atoms with van der Waals surface area (Å²) in [5.41, 5.74) is 0.863. The number of rotatable bonds is 7. The van der Waals surface area contributed by atoms with E-state index in [9.17, 15) is 35.7 Å². The van der Waals surface area contributed by atoms with Crippen molar-refractivity contribution in [3.8, 4) is 5.75 Å². The van der Waals surface area contributed by atoms with Gasteiger partial charge >= 0.3 is 0 Å². The first-order chi connectivity index (χ1) is 14.7. The number of aliphatic hydroxyl groups is 6. The SMILES string of the molecule is C[C@@H]1O[C@@H](O[C@H]2[C@H](OCCc3ccc(O)cc3)O[C@H](CO)[C@@H](O)[C@@H]2O)[C@H](O)[C@H](O)[C@H]1O. The van der Waals surface area contributed by atoms with Crippen molar-refractivity contribution in [2.45, 2.75) is 74.8 Å². The Morgan fingerprint density at radius 1 is 0.839 bits per heavy atom. The summed E-state index contributed by atoms with van der Waals surface area (Å²) in [4.78, 5) is 0. The fourth-order valence-corrected chi connectivity index (χ4v) is 3.57. The Hall–Kier alpha value is -1.38. The molecule has 176 valence electrons. The number of hydrogen-bond acceptors (Lipinski definition) is 11. The van der Waals surface area contributed by atoms with Gasteiger partial charge in [-0.25, -0.2) is 0 Å². The van der Waals surface area contributed by atoms with Crippen molar-refractivity contribution in [2.75, 3.05) is 13.2 Å². The third-order valence-electron chi connectivity index (χ3n) is 5.53. The van der Waals surface area contributed by atoms with E-state index < -0.39 is 68.0 Å². The van der Waals surface area contributed by atoms with Gasteiger partial charge in [-0.2, -0.15) is 0 Å². The van der Waals surface area contributed by atoms with Gasteiger partial charge in [0.25, 0.3) is 0 Å². The largest absolute Gasteiger partial charge is 0.508 e. The fraction of sp³-hybridized carbons (Fsp3) is 0.700. The standard InChI is InChI=1S/C20H30O11/c1-9-13(23)15(25)17(27)19(29-9)31-18-16(26)14(24)12(8-21)30-20(18)28-7-6-10-2-4-11(22)5-3-10/h2-5,9,12-27H,6-8H2,1H3/t9-,12+,13-,14+,15+,16-,17+,18+,19-,20+/m0/s1. The Morgan fingerprint density at radius 2 is 1.52 bits per heavy atom. The molecular weight excluding hydrogens is 416 g/mol. The first-order valence-electron chi connectivity index (χ1n) is 10.1. The normalized spacial score (nSPS) is 41.3. The van der Waals surface area contributed by atoms with Crippen molar-refractivity contribution in [3.05, 3.63) is 29.8 Å². The summed E-state index contributed by atoms with van der Waals surface area (Å²) in [6.45, 7) is 1.02. The summed E-state index contributed by atoms with van der Waals surface area (Å²) in [5.74, 6) is 0.129. The van der Waals surface area contributed by atoms with E-state index in [0.717, 1.165) is 5.56 Å². The molecule has 10 atom stereocenters. The molecule has 11 nitrogen and oxygen atoms in total. The van der Waals surface area contributed by atoms with Gasteiger partial charge in [-0.1, -0.05) is 12.1 Å². The van der Waals surface area contributed by atoms with Crippen LogP contribution in [0.2, 0.25) is 0 Å². The quantitative estimate of drug-likeness (QED) is 0.237. The maximum Gasteiger partial charge on any atom is 0.187 e. The molecule has 2 fully saturated rings. The average Bonchev–Trinajstić information content (AvgIpc) is 2.76. The van der Waals surface area contributed by atoms with E-state index in [-0.39, 0.29) is 12.4 Å². The van der Waals surface area contributed by atoms with Crippen LogP contribution in [0, 0.1) is 0 Å². The molecule has 0 aromatic heterocycles. The second-order valence-corrected chi connectivity index (χ2v) is 7.78. The van der Waals surface area contributed by atoms with Gasteiger partial charge in [-0.05, 0) is 31.0 Å². The van der Waals surface area contributed by atoms with E-state index in [4.69, 9.17) is 18.9 Å². The van der Waals surface area contributed by atoms with E-state index in [1.165, 1.54) is 19.1 Å². The third-order valence-corrected chi connectivity index (χ3v) is 5.53. The second kappa shape index (κ2) is 10.5. The van der Waals surface area contributed by atoms with Crippen LogP contribution in [-0.2, 0) is 25.4 Å². The van der Waals surface area contributed by atoms with E-state index >= 15 is 0 Å². The van der Waals surface area contributed by atoms with E-state index in [2.05, 4.69) is 0 Å². The van der Waals surface area contributed by atoms with E-state index in [1.54, 1.807) is 12.1 Å². The summed E-state index contributed by atoms with van der Waals surface area (Å²) >= 11 is 0. The zero-order chi connectivity index (χ0) is 22.7. The second-order valence-electron chi connectivity index (χ2n) is 7.78. The Morgan fingerprint density at radius 3 is 2.16 bits per heavy atom. The summed E-state index contributed by atoms with van der Waals surface area (Å²) < 4.78 is 22.3. The van der Waals surface area contributed by atoms with Crippen molar-refractivity contribution >= 4 is 0 Å². The molecule has 31 heavy (non-hydrogen) atoms. The van der Waals surface area contributed by atoms with Crippen molar-refractivity contribution in [3.63, 3.8) is 0 Å². The van der Waals surface area contributed by atoms with Crippen molar-refractivity contribution in [1.29, 1.82) is 0 Å². The molecule has 1 aromatic rings. The Labute approximate surface area is 179 Å². The topological polar surface area (TPSA) is 179 Å². The average molecular weight is 446 g/mol. The lowest BCUT2D eigenvalue weighted by atomic mass is 9.97. The van der Waals surface area contributed by atoms with E-state index in [0.29, 0.717) is 6.42 Å². The summed E-state index contributed by atoms with van der Waals surface area (Å²) in [7, 11) is 0. The number of aromatic hydroxyl groups is 1. The zero-order valence-electron chi connectivity index (χ0n) is 17.0. The maximum atomic E-state index is 10.5. The highest BCUT2D eigenvalue weighted by atomic mass is 16.8. The molecular formula is C20H30O11. The molecule has 0 amide bonds. The van der Waals surface area contributed by atoms with Gasteiger partial charge in [0.15, 0.2) is 12.6 Å². The van der Waals surface area contributed by atoms with Crippen LogP contribution in [-0.4, -0.2) is 110 Å². The Kier molecular flexibility index (Phi) is 8.21. The minimum absolute atomic E-state index is 0.113. The number of ether oxygens (including phenoxy) is 4. The lowest BCUT2D eigenvalue weighted by molar-refractivity contribution is -0.364. The monoisotopic (exact) mass is 446 g/mol. The number of aliphatic hydroxyl groups excluding tert-OH is 6. The van der Waals surface area contributed by atoms with Gasteiger partial charge in [0.1, 0.15) is 48.5 Å². The van der Waals surface area contributed by atoms with Crippen LogP contribution in [0.4, 0.5) is 0 Å². The highest BCUT2D eigenvalue weighted by molar-refractivity contribution is 5.25. The Bertz CT molecular complexity index is 686. The van der Waals surface area contributed by atoms with Gasteiger partial charge in [0.05, 0.1) is 19.3 Å². The number of hydrogen-bond donors (Lipinski definition) is 7. The first kappa shape index (κ1) is 24.3. The molecule has 11 heteroatoms. The van der Waals surface area contributed by atoms with Crippen LogP contribution >= 0.6 is 0 Å². The van der Waals surface area contributed by atoms with Crippen LogP contribution in [0.3, 0.4) is 0 Å². The van der Waals surface area contributed by atoms with Crippen molar-refractivity contribution in [1.82, 2.24) is 0 Å². The zero-order valence-corrected chi connectivity index (χ0v) is 17.0. The predicted molar refractivity (Wildman–Crippen MR) is 103 cm³/mol. The van der Waals surface area contributed by atoms with Crippen molar-refractivity contribution < 1.29 is 54.7 Å². The summed E-state index contributed by atoms with van der Waals surface area (Å²) in [6, 6.07) is 6.49. The maximum absolute atomic E-state index is 10.5. The number of phenols is 1. The van der Waals surface area contributed by atoms with Crippen LogP contribution in [0.1, 0.15) is 12.5 Å². The van der Waals surface area contributed by atoms with Crippen LogP contribution in [0.15, 0.2) is 24.3 Å². The number of phenolic OH excluding ortho intramolecular Hbond substituents is 1. The molecule has 1 aromatic carbocycles. The molecule has 3 rings (SSSR count). The molecule has 0 saturated carbocycles. The molecule has 0 bridgehead atoms. The fourth-order valence-electron chi connectivity index (χ4n) is 3.57. The van der Waals surface area contributed by atoms with Gasteiger partial charge < -0.3 is 54.7 Å². The van der Waals surface area contributed by atoms with E-state index in [1.807, 2.05) is 0 Å². The van der Waals surface area contributed by atoms with Crippen molar-refractivity contribution in [2.24, 2.45) is 0 Å². The van der Waals surface area contributed by atoms with Crippen LogP contribution < -0.4 is 0 Å². The molecule has 0 spiro atoms. The highest BCUT2D eigenvalue weighted by Crippen LogP contribution is 2.29. The van der Waals surface area contributed by atoms with Gasteiger partial charge in [0.2, 0.25) is 0 Å². The van der Waals surface area contributed by atoms with Gasteiger partial charge in [0, 0.05) is 0 Å². The highest BCUT2D eigenvalue weighted by Gasteiger charge is 2.50.